The van der Waals surface area contributed by atoms with Crippen molar-refractivity contribution in [3.8, 4) is 11.3 Å². The van der Waals surface area contributed by atoms with Crippen molar-refractivity contribution in [1.82, 2.24) is 9.38 Å². The van der Waals surface area contributed by atoms with Crippen LogP contribution in [0.3, 0.4) is 0 Å². The van der Waals surface area contributed by atoms with Gasteiger partial charge in [0.15, 0.2) is 5.65 Å². The van der Waals surface area contributed by atoms with Gasteiger partial charge in [-0.25, -0.2) is 9.37 Å². The van der Waals surface area contributed by atoms with Crippen LogP contribution in [0.2, 0.25) is 5.02 Å². The van der Waals surface area contributed by atoms with Gasteiger partial charge >= 0.3 is 0 Å². The summed E-state index contributed by atoms with van der Waals surface area (Å²) >= 11 is 9.15. The number of fused-ring (bicyclic) bond motifs is 1. The largest absolute Gasteiger partial charge is 0.306 e. The summed E-state index contributed by atoms with van der Waals surface area (Å²) in [6.07, 6.45) is 3.65. The van der Waals surface area contributed by atoms with Crippen molar-refractivity contribution in [2.75, 3.05) is 0 Å². The molecule has 0 aliphatic heterocycles. The minimum absolute atomic E-state index is 0.373. The zero-order valence-corrected chi connectivity index (χ0v) is 11.4. The zero-order chi connectivity index (χ0) is 12.7. The smallest absolute Gasteiger partial charge is 0.151 e. The van der Waals surface area contributed by atoms with Gasteiger partial charge < -0.3 is 4.40 Å². The van der Waals surface area contributed by atoms with Crippen molar-refractivity contribution in [3.05, 3.63) is 58.0 Å². The standard InChI is InChI=1S/C13H7BrClFN2/c14-10-2-1-5-18-7-12(17-13(10)18)9-4-3-8(15)6-11(9)16/h1-7H. The van der Waals surface area contributed by atoms with Crippen molar-refractivity contribution in [2.24, 2.45) is 0 Å². The maximum absolute atomic E-state index is 13.8. The van der Waals surface area contributed by atoms with Crippen molar-refractivity contribution in [1.29, 1.82) is 0 Å². The minimum atomic E-state index is -0.373. The van der Waals surface area contributed by atoms with E-state index >= 15 is 0 Å². The first-order valence-corrected chi connectivity index (χ1v) is 6.41. The Labute approximate surface area is 116 Å². The summed E-state index contributed by atoms with van der Waals surface area (Å²) in [5.74, 6) is -0.373. The Bertz CT molecular complexity index is 739. The molecule has 0 saturated heterocycles. The average molecular weight is 326 g/mol. The van der Waals surface area contributed by atoms with Crippen molar-refractivity contribution < 1.29 is 4.39 Å². The van der Waals surface area contributed by atoms with Crippen LogP contribution >= 0.6 is 27.5 Å². The average Bonchev–Trinajstić information content (AvgIpc) is 2.74. The molecule has 0 saturated carbocycles. The Balaban J connectivity index is 2.23. The highest BCUT2D eigenvalue weighted by atomic mass is 79.9. The molecule has 0 N–H and O–H groups in total. The van der Waals surface area contributed by atoms with Gasteiger partial charge in [0.2, 0.25) is 0 Å². The molecule has 5 heteroatoms. The van der Waals surface area contributed by atoms with E-state index in [1.807, 2.05) is 22.7 Å². The molecule has 0 atom stereocenters. The number of rotatable bonds is 1. The number of hydrogen-bond acceptors (Lipinski definition) is 1. The van der Waals surface area contributed by atoms with Gasteiger partial charge in [0.05, 0.1) is 10.2 Å². The Hall–Kier alpha value is -1.39. The summed E-state index contributed by atoms with van der Waals surface area (Å²) in [5.41, 5.74) is 1.77. The molecular weight excluding hydrogens is 319 g/mol. The van der Waals surface area contributed by atoms with Gasteiger partial charge in [-0.2, -0.15) is 0 Å². The Kier molecular flexibility index (Phi) is 2.84. The summed E-state index contributed by atoms with van der Waals surface area (Å²) in [5, 5.41) is 0.376. The van der Waals surface area contributed by atoms with Gasteiger partial charge in [-0.1, -0.05) is 11.6 Å². The molecule has 18 heavy (non-hydrogen) atoms. The van der Waals surface area contributed by atoms with Crippen molar-refractivity contribution in [2.45, 2.75) is 0 Å². The lowest BCUT2D eigenvalue weighted by molar-refractivity contribution is 0.631. The highest BCUT2D eigenvalue weighted by molar-refractivity contribution is 9.10. The van der Waals surface area contributed by atoms with E-state index in [1.165, 1.54) is 6.07 Å². The van der Waals surface area contributed by atoms with Gasteiger partial charge in [-0.15, -0.1) is 0 Å². The van der Waals surface area contributed by atoms with E-state index in [-0.39, 0.29) is 5.82 Å². The minimum Gasteiger partial charge on any atom is -0.306 e. The first kappa shape index (κ1) is 11.7. The van der Waals surface area contributed by atoms with Crippen LogP contribution in [0.15, 0.2) is 47.2 Å². The second-order valence-corrected chi connectivity index (χ2v) is 5.13. The van der Waals surface area contributed by atoms with E-state index in [9.17, 15) is 4.39 Å². The Morgan fingerprint density at radius 3 is 2.83 bits per heavy atom. The molecule has 0 unspecified atom stereocenters. The lowest BCUT2D eigenvalue weighted by Gasteiger charge is -1.98. The number of hydrogen-bond donors (Lipinski definition) is 0. The summed E-state index contributed by atoms with van der Waals surface area (Å²) in [6.45, 7) is 0. The van der Waals surface area contributed by atoms with Gasteiger partial charge in [0, 0.05) is 23.0 Å². The van der Waals surface area contributed by atoms with Gasteiger partial charge in [-0.3, -0.25) is 0 Å². The fraction of sp³-hybridized carbons (Fsp3) is 0. The highest BCUT2D eigenvalue weighted by Gasteiger charge is 2.10. The molecule has 2 heterocycles. The quantitative estimate of drug-likeness (QED) is 0.641. The van der Waals surface area contributed by atoms with E-state index in [0.29, 0.717) is 16.3 Å². The van der Waals surface area contributed by atoms with Gasteiger partial charge in [0.1, 0.15) is 5.82 Å². The maximum atomic E-state index is 13.8. The third-order valence-electron chi connectivity index (χ3n) is 2.64. The van der Waals surface area contributed by atoms with Crippen LogP contribution in [-0.4, -0.2) is 9.38 Å². The van der Waals surface area contributed by atoms with Crippen LogP contribution in [0.5, 0.6) is 0 Å². The molecule has 0 bridgehead atoms. The molecule has 3 aromatic rings. The molecule has 3 rings (SSSR count). The normalized spacial score (nSPS) is 11.1. The van der Waals surface area contributed by atoms with Crippen LogP contribution < -0.4 is 0 Å². The van der Waals surface area contributed by atoms with E-state index in [4.69, 9.17) is 11.6 Å². The maximum Gasteiger partial charge on any atom is 0.151 e. The molecular formula is C13H7BrClFN2. The molecule has 90 valence electrons. The summed E-state index contributed by atoms with van der Waals surface area (Å²) in [6, 6.07) is 8.35. The van der Waals surface area contributed by atoms with Crippen LogP contribution in [-0.2, 0) is 0 Å². The number of imidazole rings is 1. The molecule has 0 aliphatic rings. The molecule has 0 spiro atoms. The topological polar surface area (TPSA) is 17.3 Å². The van der Waals surface area contributed by atoms with E-state index in [0.717, 1.165) is 10.1 Å². The molecule has 0 fully saturated rings. The Morgan fingerprint density at radius 1 is 1.28 bits per heavy atom. The summed E-state index contributed by atoms with van der Waals surface area (Å²) < 4.78 is 16.5. The number of halogens is 3. The fourth-order valence-electron chi connectivity index (χ4n) is 1.81. The van der Waals surface area contributed by atoms with Crippen LogP contribution in [0, 0.1) is 5.82 Å². The molecule has 0 aliphatic carbocycles. The number of pyridine rings is 1. The van der Waals surface area contributed by atoms with E-state index in [1.54, 1.807) is 18.3 Å². The van der Waals surface area contributed by atoms with E-state index < -0.39 is 0 Å². The zero-order valence-electron chi connectivity index (χ0n) is 9.07. The Morgan fingerprint density at radius 2 is 2.11 bits per heavy atom. The number of aromatic nitrogens is 2. The monoisotopic (exact) mass is 324 g/mol. The van der Waals surface area contributed by atoms with Gasteiger partial charge in [0.25, 0.3) is 0 Å². The van der Waals surface area contributed by atoms with Crippen LogP contribution in [0.25, 0.3) is 16.9 Å². The molecule has 2 nitrogen and oxygen atoms in total. The first-order chi connectivity index (χ1) is 8.65. The molecule has 2 aromatic heterocycles. The predicted octanol–water partition coefficient (Wildman–Crippen LogP) is 4.56. The summed E-state index contributed by atoms with van der Waals surface area (Å²) in [7, 11) is 0. The third-order valence-corrected chi connectivity index (χ3v) is 3.50. The molecule has 0 amide bonds. The van der Waals surface area contributed by atoms with Crippen molar-refractivity contribution >= 4 is 33.2 Å². The summed E-state index contributed by atoms with van der Waals surface area (Å²) in [4.78, 5) is 4.41. The molecule has 1 aromatic carbocycles. The predicted molar refractivity (Wildman–Crippen MR) is 73.3 cm³/mol. The third kappa shape index (κ3) is 1.91. The second-order valence-electron chi connectivity index (χ2n) is 3.84. The number of benzene rings is 1. The SMILES string of the molecule is Fc1cc(Cl)ccc1-c1cn2cccc(Br)c2n1. The van der Waals surface area contributed by atoms with Crippen molar-refractivity contribution in [3.63, 3.8) is 0 Å². The fourth-order valence-corrected chi connectivity index (χ4v) is 2.41. The second kappa shape index (κ2) is 4.37. The van der Waals surface area contributed by atoms with Crippen LogP contribution in [0.1, 0.15) is 0 Å². The lowest BCUT2D eigenvalue weighted by Crippen LogP contribution is -1.83. The lowest BCUT2D eigenvalue weighted by atomic mass is 10.1. The highest BCUT2D eigenvalue weighted by Crippen LogP contribution is 2.26. The van der Waals surface area contributed by atoms with Gasteiger partial charge in [-0.05, 0) is 46.3 Å². The van der Waals surface area contributed by atoms with E-state index in [2.05, 4.69) is 20.9 Å². The number of nitrogens with zero attached hydrogens (tertiary/aromatic N) is 2. The first-order valence-electron chi connectivity index (χ1n) is 5.24. The molecule has 0 radical (unpaired) electrons. The van der Waals surface area contributed by atoms with Crippen LogP contribution in [0.4, 0.5) is 4.39 Å².